The molecule has 1 atom stereocenters. The van der Waals surface area contributed by atoms with Gasteiger partial charge in [-0.25, -0.2) is 0 Å². The van der Waals surface area contributed by atoms with Gasteiger partial charge in [0.05, 0.1) is 20.3 Å². The Balaban J connectivity index is 3.12. The molecule has 0 N–H and O–H groups in total. The second kappa shape index (κ2) is 7.39. The molecule has 1 rings (SSSR count). The summed E-state index contributed by atoms with van der Waals surface area (Å²) in [6.07, 6.45) is 0. The molecule has 0 radical (unpaired) electrons. The average molecular weight is 300 g/mol. The summed E-state index contributed by atoms with van der Waals surface area (Å²) in [5, 5.41) is 0. The molecular formula is C15H22ClNO3. The van der Waals surface area contributed by atoms with Crippen LogP contribution in [0.5, 0.6) is 11.5 Å². The molecular weight excluding hydrogens is 278 g/mol. The molecule has 1 aromatic rings. The van der Waals surface area contributed by atoms with E-state index in [0.717, 1.165) is 5.56 Å². The summed E-state index contributed by atoms with van der Waals surface area (Å²) in [5.41, 5.74) is 0.981. The molecule has 1 unspecified atom stereocenters. The Hall–Kier alpha value is -1.42. The quantitative estimate of drug-likeness (QED) is 0.757. The van der Waals surface area contributed by atoms with E-state index < -0.39 is 0 Å². The first-order valence-electron chi connectivity index (χ1n) is 6.55. The van der Waals surface area contributed by atoms with Crippen molar-refractivity contribution in [3.8, 4) is 11.5 Å². The number of alkyl halides is 1. The SMILES string of the molecule is COc1ccc(C(C)N(C(=O)CCl)C(C)C)cc1OC. The van der Waals surface area contributed by atoms with E-state index in [0.29, 0.717) is 11.5 Å². The zero-order valence-electron chi connectivity index (χ0n) is 12.6. The molecule has 0 fully saturated rings. The van der Waals surface area contributed by atoms with Gasteiger partial charge >= 0.3 is 0 Å². The predicted octanol–water partition coefficient (Wildman–Crippen LogP) is 3.24. The normalized spacial score (nSPS) is 12.2. The Labute approximate surface area is 125 Å². The highest BCUT2D eigenvalue weighted by Crippen LogP contribution is 2.32. The lowest BCUT2D eigenvalue weighted by Gasteiger charge is -2.33. The van der Waals surface area contributed by atoms with Crippen molar-refractivity contribution in [3.63, 3.8) is 0 Å². The van der Waals surface area contributed by atoms with Crippen LogP contribution < -0.4 is 9.47 Å². The molecule has 0 aliphatic heterocycles. The maximum atomic E-state index is 12.0. The number of hydrogen-bond acceptors (Lipinski definition) is 3. The minimum Gasteiger partial charge on any atom is -0.493 e. The van der Waals surface area contributed by atoms with Crippen molar-refractivity contribution in [2.45, 2.75) is 32.9 Å². The standard InChI is InChI=1S/C15H22ClNO3/c1-10(2)17(15(18)9-16)11(3)12-6-7-13(19-4)14(8-12)20-5/h6-8,10-11H,9H2,1-5H3. The molecule has 1 amide bonds. The van der Waals surface area contributed by atoms with Crippen LogP contribution in [0.1, 0.15) is 32.4 Å². The van der Waals surface area contributed by atoms with Gasteiger partial charge < -0.3 is 14.4 Å². The van der Waals surface area contributed by atoms with Crippen molar-refractivity contribution in [2.75, 3.05) is 20.1 Å². The summed E-state index contributed by atoms with van der Waals surface area (Å²) in [6.45, 7) is 5.93. The van der Waals surface area contributed by atoms with Crippen LogP contribution in [0.4, 0.5) is 0 Å². The van der Waals surface area contributed by atoms with Crippen LogP contribution in [-0.2, 0) is 4.79 Å². The average Bonchev–Trinajstić information content (AvgIpc) is 2.45. The second-order valence-electron chi connectivity index (χ2n) is 4.82. The van der Waals surface area contributed by atoms with Gasteiger partial charge in [0.25, 0.3) is 0 Å². The van der Waals surface area contributed by atoms with Crippen molar-refractivity contribution in [3.05, 3.63) is 23.8 Å². The van der Waals surface area contributed by atoms with Gasteiger partial charge in [0, 0.05) is 6.04 Å². The summed E-state index contributed by atoms with van der Waals surface area (Å²) >= 11 is 5.69. The van der Waals surface area contributed by atoms with Crippen LogP contribution in [0, 0.1) is 0 Å². The number of methoxy groups -OCH3 is 2. The number of nitrogens with zero attached hydrogens (tertiary/aromatic N) is 1. The van der Waals surface area contributed by atoms with Crippen LogP contribution in [0.15, 0.2) is 18.2 Å². The number of ether oxygens (including phenoxy) is 2. The van der Waals surface area contributed by atoms with E-state index in [9.17, 15) is 4.79 Å². The maximum absolute atomic E-state index is 12.0. The maximum Gasteiger partial charge on any atom is 0.238 e. The number of hydrogen-bond donors (Lipinski definition) is 0. The third-order valence-corrected chi connectivity index (χ3v) is 3.49. The molecule has 112 valence electrons. The van der Waals surface area contributed by atoms with Gasteiger partial charge in [0.15, 0.2) is 11.5 Å². The number of carbonyl (C=O) groups is 1. The smallest absolute Gasteiger partial charge is 0.238 e. The first-order valence-corrected chi connectivity index (χ1v) is 7.08. The number of halogens is 1. The van der Waals surface area contributed by atoms with Gasteiger partial charge in [-0.3, -0.25) is 4.79 Å². The lowest BCUT2D eigenvalue weighted by molar-refractivity contribution is -0.132. The highest BCUT2D eigenvalue weighted by molar-refractivity contribution is 6.27. The van der Waals surface area contributed by atoms with Gasteiger partial charge in [-0.05, 0) is 38.5 Å². The topological polar surface area (TPSA) is 38.8 Å². The number of rotatable bonds is 6. The fraction of sp³-hybridized carbons (Fsp3) is 0.533. The van der Waals surface area contributed by atoms with E-state index in [2.05, 4.69) is 0 Å². The molecule has 0 saturated heterocycles. The van der Waals surface area contributed by atoms with Crippen molar-refractivity contribution < 1.29 is 14.3 Å². The fourth-order valence-electron chi connectivity index (χ4n) is 2.29. The third-order valence-electron chi connectivity index (χ3n) is 3.27. The first kappa shape index (κ1) is 16.6. The van der Waals surface area contributed by atoms with Crippen molar-refractivity contribution in [2.24, 2.45) is 0 Å². The van der Waals surface area contributed by atoms with Crippen LogP contribution >= 0.6 is 11.6 Å². The molecule has 0 spiro atoms. The van der Waals surface area contributed by atoms with Crippen molar-refractivity contribution >= 4 is 17.5 Å². The van der Waals surface area contributed by atoms with Crippen LogP contribution in [0.25, 0.3) is 0 Å². The Morgan fingerprint density at radius 1 is 1.20 bits per heavy atom. The molecule has 0 bridgehead atoms. The summed E-state index contributed by atoms with van der Waals surface area (Å²) in [7, 11) is 3.19. The minimum atomic E-state index is -0.0824. The van der Waals surface area contributed by atoms with Gasteiger partial charge in [0.1, 0.15) is 5.88 Å². The second-order valence-corrected chi connectivity index (χ2v) is 5.09. The minimum absolute atomic E-state index is 0.0180. The number of carbonyl (C=O) groups excluding carboxylic acids is 1. The molecule has 5 heteroatoms. The number of amides is 1. The largest absolute Gasteiger partial charge is 0.493 e. The summed E-state index contributed by atoms with van der Waals surface area (Å²) < 4.78 is 10.5. The molecule has 0 saturated carbocycles. The highest BCUT2D eigenvalue weighted by Gasteiger charge is 2.24. The van der Waals surface area contributed by atoms with Gasteiger partial charge in [0.2, 0.25) is 5.91 Å². The molecule has 0 aliphatic rings. The van der Waals surface area contributed by atoms with E-state index in [1.807, 2.05) is 39.0 Å². The Morgan fingerprint density at radius 2 is 1.80 bits per heavy atom. The fourth-order valence-corrected chi connectivity index (χ4v) is 2.43. The Bertz CT molecular complexity index is 462. The number of benzene rings is 1. The van der Waals surface area contributed by atoms with E-state index in [-0.39, 0.29) is 23.9 Å². The Kier molecular flexibility index (Phi) is 6.14. The summed E-state index contributed by atoms with van der Waals surface area (Å²) in [6, 6.07) is 5.66. The van der Waals surface area contributed by atoms with Crippen LogP contribution in [0.2, 0.25) is 0 Å². The lowest BCUT2D eigenvalue weighted by Crippen LogP contribution is -2.39. The van der Waals surface area contributed by atoms with E-state index in [4.69, 9.17) is 21.1 Å². The molecule has 1 aromatic carbocycles. The van der Waals surface area contributed by atoms with Crippen LogP contribution in [-0.4, -0.2) is 36.9 Å². The molecule has 4 nitrogen and oxygen atoms in total. The highest BCUT2D eigenvalue weighted by atomic mass is 35.5. The predicted molar refractivity (Wildman–Crippen MR) is 80.7 cm³/mol. The third kappa shape index (κ3) is 3.57. The van der Waals surface area contributed by atoms with Crippen LogP contribution in [0.3, 0.4) is 0 Å². The molecule has 20 heavy (non-hydrogen) atoms. The first-order chi connectivity index (χ1) is 9.46. The monoisotopic (exact) mass is 299 g/mol. The van der Waals surface area contributed by atoms with Gasteiger partial charge in [-0.1, -0.05) is 6.07 Å². The zero-order chi connectivity index (χ0) is 15.3. The van der Waals surface area contributed by atoms with Crippen molar-refractivity contribution in [1.29, 1.82) is 0 Å². The summed E-state index contributed by atoms with van der Waals surface area (Å²) in [4.78, 5) is 13.8. The van der Waals surface area contributed by atoms with E-state index >= 15 is 0 Å². The molecule has 0 heterocycles. The van der Waals surface area contributed by atoms with Gasteiger partial charge in [-0.2, -0.15) is 0 Å². The van der Waals surface area contributed by atoms with Crippen molar-refractivity contribution in [1.82, 2.24) is 4.90 Å². The Morgan fingerprint density at radius 3 is 2.25 bits per heavy atom. The van der Waals surface area contributed by atoms with E-state index in [1.54, 1.807) is 19.1 Å². The molecule has 0 aromatic heterocycles. The lowest BCUT2D eigenvalue weighted by atomic mass is 10.0. The van der Waals surface area contributed by atoms with Gasteiger partial charge in [-0.15, -0.1) is 11.6 Å². The molecule has 0 aliphatic carbocycles. The van der Waals surface area contributed by atoms with E-state index in [1.165, 1.54) is 0 Å². The zero-order valence-corrected chi connectivity index (χ0v) is 13.4. The summed E-state index contributed by atoms with van der Waals surface area (Å²) in [5.74, 6) is 1.22.